The summed E-state index contributed by atoms with van der Waals surface area (Å²) in [7, 11) is 0. The number of ketones is 1. The minimum absolute atomic E-state index is 0.0972. The van der Waals surface area contributed by atoms with Gasteiger partial charge in [0.2, 0.25) is 0 Å². The maximum Gasteiger partial charge on any atom is 0.309 e. The van der Waals surface area contributed by atoms with E-state index in [0.717, 1.165) is 5.56 Å². The topological polar surface area (TPSA) is 86.5 Å². The molecule has 0 spiro atoms. The van der Waals surface area contributed by atoms with Gasteiger partial charge in [0.05, 0.1) is 10.8 Å². The predicted molar refractivity (Wildman–Crippen MR) is 87.7 cm³/mol. The number of nitrogens with zero attached hydrogens (tertiary/aromatic N) is 1. The Kier molecular flexibility index (Phi) is 5.78. The predicted octanol–water partition coefficient (Wildman–Crippen LogP) is 3.20. The second-order valence-electron chi connectivity index (χ2n) is 5.43. The number of esters is 1. The van der Waals surface area contributed by atoms with E-state index in [-0.39, 0.29) is 23.8 Å². The highest BCUT2D eigenvalue weighted by molar-refractivity contribution is 5.98. The molecular weight excluding hydrogens is 310 g/mol. The molecule has 0 aliphatic carbocycles. The third kappa shape index (κ3) is 4.74. The zero-order valence-corrected chi connectivity index (χ0v) is 13.2. The minimum atomic E-state index is -0.542. The highest BCUT2D eigenvalue weighted by atomic mass is 16.6. The number of benzene rings is 2. The summed E-state index contributed by atoms with van der Waals surface area (Å²) in [5.41, 5.74) is 1.19. The lowest BCUT2D eigenvalue weighted by molar-refractivity contribution is -0.384. The van der Waals surface area contributed by atoms with E-state index in [4.69, 9.17) is 4.74 Å². The Morgan fingerprint density at radius 1 is 1.08 bits per heavy atom. The number of Topliss-reactive ketones (excluding diaryl/α,β-unsaturated/α-hetero) is 1. The summed E-state index contributed by atoms with van der Waals surface area (Å²) >= 11 is 0. The van der Waals surface area contributed by atoms with Crippen molar-refractivity contribution in [2.24, 2.45) is 5.92 Å². The molecule has 0 bridgehead atoms. The molecule has 0 radical (unpaired) electrons. The molecule has 0 aliphatic heterocycles. The molecule has 24 heavy (non-hydrogen) atoms. The molecule has 2 aromatic carbocycles. The van der Waals surface area contributed by atoms with Crippen LogP contribution >= 0.6 is 0 Å². The van der Waals surface area contributed by atoms with Crippen molar-refractivity contribution < 1.29 is 19.2 Å². The molecule has 0 saturated heterocycles. The molecule has 0 saturated carbocycles. The van der Waals surface area contributed by atoms with E-state index >= 15 is 0 Å². The summed E-state index contributed by atoms with van der Waals surface area (Å²) in [6.07, 6.45) is 0.533. The molecule has 6 nitrogen and oxygen atoms in total. The summed E-state index contributed by atoms with van der Waals surface area (Å²) in [5.74, 6) is -1.21. The number of hydrogen-bond donors (Lipinski definition) is 0. The van der Waals surface area contributed by atoms with Crippen molar-refractivity contribution in [2.75, 3.05) is 6.61 Å². The molecule has 1 atom stereocenters. The van der Waals surface area contributed by atoms with Gasteiger partial charge in [-0.15, -0.1) is 0 Å². The third-order valence-corrected chi connectivity index (χ3v) is 3.53. The number of carbonyl (C=O) groups excluding carboxylic acids is 2. The maximum absolute atomic E-state index is 12.0. The average molecular weight is 327 g/mol. The van der Waals surface area contributed by atoms with Gasteiger partial charge in [0, 0.05) is 17.7 Å². The third-order valence-electron chi connectivity index (χ3n) is 3.53. The fourth-order valence-corrected chi connectivity index (χ4v) is 2.18. The van der Waals surface area contributed by atoms with Gasteiger partial charge >= 0.3 is 5.97 Å². The second kappa shape index (κ2) is 8.01. The SMILES string of the molecule is C[C@@H](Cc1ccccc1)C(=O)OCC(=O)c1ccc([N+](=O)[O-])cc1. The molecule has 0 unspecified atom stereocenters. The standard InChI is InChI=1S/C18H17NO5/c1-13(11-14-5-3-2-4-6-14)18(21)24-12-17(20)15-7-9-16(10-8-15)19(22)23/h2-10,13H,11-12H2,1H3/t13-/m0/s1. The Balaban J connectivity index is 1.86. The van der Waals surface area contributed by atoms with Crippen LogP contribution in [0.4, 0.5) is 5.69 Å². The number of hydrogen-bond acceptors (Lipinski definition) is 5. The van der Waals surface area contributed by atoms with E-state index in [1.807, 2.05) is 30.3 Å². The molecule has 0 amide bonds. The van der Waals surface area contributed by atoms with Crippen molar-refractivity contribution in [2.45, 2.75) is 13.3 Å². The van der Waals surface area contributed by atoms with E-state index < -0.39 is 16.7 Å². The van der Waals surface area contributed by atoms with Gasteiger partial charge in [-0.2, -0.15) is 0 Å². The Morgan fingerprint density at radius 2 is 1.71 bits per heavy atom. The summed E-state index contributed by atoms with van der Waals surface area (Å²) in [5, 5.41) is 10.6. The van der Waals surface area contributed by atoms with Crippen molar-refractivity contribution in [3.8, 4) is 0 Å². The number of rotatable bonds is 7. The molecular formula is C18H17NO5. The Labute approximate surface area is 139 Å². The lowest BCUT2D eigenvalue weighted by Gasteiger charge is -2.11. The van der Waals surface area contributed by atoms with Gasteiger partial charge in [0.25, 0.3) is 5.69 Å². The van der Waals surface area contributed by atoms with Crippen molar-refractivity contribution in [3.05, 3.63) is 75.8 Å². The number of non-ortho nitro benzene ring substituents is 1. The van der Waals surface area contributed by atoms with Crippen LogP contribution in [0.15, 0.2) is 54.6 Å². The lowest BCUT2D eigenvalue weighted by Crippen LogP contribution is -2.21. The van der Waals surface area contributed by atoms with Crippen LogP contribution in [-0.2, 0) is 16.0 Å². The highest BCUT2D eigenvalue weighted by Gasteiger charge is 2.17. The summed E-state index contributed by atoms with van der Waals surface area (Å²) in [6, 6.07) is 14.7. The number of nitro benzene ring substituents is 1. The molecule has 124 valence electrons. The molecule has 6 heteroatoms. The van der Waals surface area contributed by atoms with Gasteiger partial charge < -0.3 is 4.74 Å². The van der Waals surface area contributed by atoms with E-state index in [1.54, 1.807) is 6.92 Å². The van der Waals surface area contributed by atoms with Crippen LogP contribution in [0.5, 0.6) is 0 Å². The number of carbonyl (C=O) groups is 2. The van der Waals surface area contributed by atoms with E-state index in [2.05, 4.69) is 0 Å². The van der Waals surface area contributed by atoms with Crippen molar-refractivity contribution >= 4 is 17.4 Å². The molecule has 2 aromatic rings. The second-order valence-corrected chi connectivity index (χ2v) is 5.43. The quantitative estimate of drug-likeness (QED) is 0.337. The van der Waals surface area contributed by atoms with Gasteiger partial charge in [-0.3, -0.25) is 19.7 Å². The average Bonchev–Trinajstić information content (AvgIpc) is 2.60. The first-order chi connectivity index (χ1) is 11.5. The first kappa shape index (κ1) is 17.3. The zero-order chi connectivity index (χ0) is 17.5. The summed E-state index contributed by atoms with van der Waals surface area (Å²) in [6.45, 7) is 1.36. The fourth-order valence-electron chi connectivity index (χ4n) is 2.18. The molecule has 0 fully saturated rings. The lowest BCUT2D eigenvalue weighted by atomic mass is 10.0. The zero-order valence-electron chi connectivity index (χ0n) is 13.2. The normalized spacial score (nSPS) is 11.5. The summed E-state index contributed by atoms with van der Waals surface area (Å²) in [4.78, 5) is 34.0. The number of ether oxygens (including phenoxy) is 1. The van der Waals surface area contributed by atoms with Gasteiger partial charge in [-0.1, -0.05) is 37.3 Å². The van der Waals surface area contributed by atoms with Crippen molar-refractivity contribution in [3.63, 3.8) is 0 Å². The van der Waals surface area contributed by atoms with Gasteiger partial charge in [-0.05, 0) is 24.1 Å². The first-order valence-electron chi connectivity index (χ1n) is 7.45. The molecule has 0 aromatic heterocycles. The van der Waals surface area contributed by atoms with Crippen LogP contribution in [0.1, 0.15) is 22.8 Å². The van der Waals surface area contributed by atoms with E-state index in [0.29, 0.717) is 6.42 Å². The van der Waals surface area contributed by atoms with Crippen LogP contribution in [0.25, 0.3) is 0 Å². The molecule has 2 rings (SSSR count). The van der Waals surface area contributed by atoms with Crippen molar-refractivity contribution in [1.82, 2.24) is 0 Å². The fraction of sp³-hybridized carbons (Fsp3) is 0.222. The maximum atomic E-state index is 12.0. The van der Waals surface area contributed by atoms with Gasteiger partial charge in [-0.25, -0.2) is 0 Å². The van der Waals surface area contributed by atoms with Crippen LogP contribution in [0.2, 0.25) is 0 Å². The smallest absolute Gasteiger partial charge is 0.309 e. The minimum Gasteiger partial charge on any atom is -0.457 e. The van der Waals surface area contributed by atoms with Crippen LogP contribution in [-0.4, -0.2) is 23.3 Å². The van der Waals surface area contributed by atoms with Gasteiger partial charge in [0.1, 0.15) is 0 Å². The Hall–Kier alpha value is -3.02. The van der Waals surface area contributed by atoms with E-state index in [9.17, 15) is 19.7 Å². The van der Waals surface area contributed by atoms with Crippen LogP contribution < -0.4 is 0 Å². The molecule has 0 N–H and O–H groups in total. The summed E-state index contributed by atoms with van der Waals surface area (Å²) < 4.78 is 5.05. The first-order valence-corrected chi connectivity index (χ1v) is 7.45. The van der Waals surface area contributed by atoms with Crippen LogP contribution in [0, 0.1) is 16.0 Å². The largest absolute Gasteiger partial charge is 0.457 e. The Morgan fingerprint density at radius 3 is 2.29 bits per heavy atom. The van der Waals surface area contributed by atoms with E-state index in [1.165, 1.54) is 24.3 Å². The monoisotopic (exact) mass is 327 g/mol. The molecule has 0 heterocycles. The molecule has 0 aliphatic rings. The van der Waals surface area contributed by atoms with Crippen molar-refractivity contribution in [1.29, 1.82) is 0 Å². The van der Waals surface area contributed by atoms with Crippen LogP contribution in [0.3, 0.4) is 0 Å². The van der Waals surface area contributed by atoms with Gasteiger partial charge in [0.15, 0.2) is 12.4 Å². The number of nitro groups is 1. The Bertz CT molecular complexity index is 725. The highest BCUT2D eigenvalue weighted by Crippen LogP contribution is 2.13.